The van der Waals surface area contributed by atoms with Crippen LogP contribution in [0.1, 0.15) is 84.0 Å². The van der Waals surface area contributed by atoms with Crippen molar-refractivity contribution in [1.82, 2.24) is 0 Å². The Morgan fingerprint density at radius 2 is 1.52 bits per heavy atom. The smallest absolute Gasteiger partial charge is 0.0901 e. The molecule has 0 spiro atoms. The standard InChI is InChI=1S/C22H38O/c1-3-5-7-8-19-9-13-21(14-10-19)22-15-11-20(12-16-22)18-23-17-6-4-2/h3,6,17,19-22H,1,4-5,7-16,18H2,2H3/b17-6-. The van der Waals surface area contributed by atoms with E-state index in [1.165, 1.54) is 70.6 Å². The van der Waals surface area contributed by atoms with Crippen LogP contribution in [0.5, 0.6) is 0 Å². The van der Waals surface area contributed by atoms with Crippen molar-refractivity contribution in [2.45, 2.75) is 84.0 Å². The number of ether oxygens (including phenoxy) is 1. The Morgan fingerprint density at radius 3 is 2.09 bits per heavy atom. The van der Waals surface area contributed by atoms with E-state index in [1.807, 2.05) is 6.26 Å². The van der Waals surface area contributed by atoms with Gasteiger partial charge in [-0.3, -0.25) is 0 Å². The average Bonchev–Trinajstić information content (AvgIpc) is 2.60. The molecule has 2 rings (SSSR count). The molecule has 0 aromatic rings. The molecule has 0 aromatic carbocycles. The Balaban J connectivity index is 1.59. The molecule has 0 aliphatic heterocycles. The summed E-state index contributed by atoms with van der Waals surface area (Å²) in [7, 11) is 0. The highest BCUT2D eigenvalue weighted by atomic mass is 16.5. The van der Waals surface area contributed by atoms with Gasteiger partial charge in [-0.25, -0.2) is 0 Å². The van der Waals surface area contributed by atoms with Crippen LogP contribution in [-0.4, -0.2) is 6.61 Å². The second-order valence-electron chi connectivity index (χ2n) is 7.89. The van der Waals surface area contributed by atoms with Gasteiger partial charge in [0.25, 0.3) is 0 Å². The summed E-state index contributed by atoms with van der Waals surface area (Å²) in [6, 6.07) is 0. The lowest BCUT2D eigenvalue weighted by Crippen LogP contribution is -2.27. The Labute approximate surface area is 144 Å². The molecule has 2 fully saturated rings. The zero-order valence-corrected chi connectivity index (χ0v) is 15.3. The Kier molecular flexibility index (Phi) is 8.86. The summed E-state index contributed by atoms with van der Waals surface area (Å²) in [5.74, 6) is 3.88. The minimum Gasteiger partial charge on any atom is -0.501 e. The van der Waals surface area contributed by atoms with E-state index in [0.717, 1.165) is 36.7 Å². The molecule has 0 amide bonds. The lowest BCUT2D eigenvalue weighted by atomic mass is 9.69. The molecule has 0 radical (unpaired) electrons. The Hall–Kier alpha value is -0.720. The first-order valence-electron chi connectivity index (χ1n) is 10.2. The van der Waals surface area contributed by atoms with Gasteiger partial charge in [0.1, 0.15) is 0 Å². The van der Waals surface area contributed by atoms with Gasteiger partial charge in [0.05, 0.1) is 12.9 Å². The van der Waals surface area contributed by atoms with Gasteiger partial charge >= 0.3 is 0 Å². The molecule has 0 heterocycles. The molecule has 2 aliphatic rings. The number of unbranched alkanes of at least 4 members (excludes halogenated alkanes) is 1. The van der Waals surface area contributed by atoms with Crippen molar-refractivity contribution in [3.63, 3.8) is 0 Å². The van der Waals surface area contributed by atoms with Crippen LogP contribution in [0, 0.1) is 23.7 Å². The predicted molar refractivity (Wildman–Crippen MR) is 100 cm³/mol. The highest BCUT2D eigenvalue weighted by molar-refractivity contribution is 4.83. The largest absolute Gasteiger partial charge is 0.501 e. The quantitative estimate of drug-likeness (QED) is 0.255. The molecule has 23 heavy (non-hydrogen) atoms. The zero-order chi connectivity index (χ0) is 16.3. The molecule has 2 aliphatic carbocycles. The Morgan fingerprint density at radius 1 is 0.913 bits per heavy atom. The monoisotopic (exact) mass is 318 g/mol. The van der Waals surface area contributed by atoms with Crippen LogP contribution < -0.4 is 0 Å². The second kappa shape index (κ2) is 10.9. The Bertz CT molecular complexity index is 330. The molecule has 0 N–H and O–H groups in total. The molecular weight excluding hydrogens is 280 g/mol. The van der Waals surface area contributed by atoms with Crippen molar-refractivity contribution in [2.75, 3.05) is 6.61 Å². The van der Waals surface area contributed by atoms with Crippen LogP contribution in [-0.2, 0) is 4.74 Å². The summed E-state index contributed by atoms with van der Waals surface area (Å²) < 4.78 is 5.67. The predicted octanol–water partition coefficient (Wildman–Crippen LogP) is 6.90. The highest BCUT2D eigenvalue weighted by Gasteiger charge is 2.30. The second-order valence-corrected chi connectivity index (χ2v) is 7.89. The van der Waals surface area contributed by atoms with Gasteiger partial charge < -0.3 is 4.74 Å². The number of allylic oxidation sites excluding steroid dienone is 2. The van der Waals surface area contributed by atoms with E-state index in [1.54, 1.807) is 0 Å². The molecule has 1 heteroatoms. The molecule has 0 saturated heterocycles. The van der Waals surface area contributed by atoms with E-state index in [0.29, 0.717) is 0 Å². The van der Waals surface area contributed by atoms with E-state index in [9.17, 15) is 0 Å². The fourth-order valence-electron chi connectivity index (χ4n) is 4.68. The van der Waals surface area contributed by atoms with Crippen LogP contribution in [0.3, 0.4) is 0 Å². The number of hydrogen-bond donors (Lipinski definition) is 0. The fraction of sp³-hybridized carbons (Fsp3) is 0.818. The molecule has 1 nitrogen and oxygen atoms in total. The van der Waals surface area contributed by atoms with Gasteiger partial charge in [0.2, 0.25) is 0 Å². The summed E-state index contributed by atoms with van der Waals surface area (Å²) >= 11 is 0. The fourth-order valence-corrected chi connectivity index (χ4v) is 4.68. The van der Waals surface area contributed by atoms with Crippen molar-refractivity contribution in [1.29, 1.82) is 0 Å². The van der Waals surface area contributed by atoms with E-state index in [-0.39, 0.29) is 0 Å². The molecule has 0 bridgehead atoms. The van der Waals surface area contributed by atoms with E-state index < -0.39 is 0 Å². The minimum atomic E-state index is 0.808. The maximum Gasteiger partial charge on any atom is 0.0901 e. The van der Waals surface area contributed by atoms with Gasteiger partial charge in [0.15, 0.2) is 0 Å². The summed E-state index contributed by atoms with van der Waals surface area (Å²) in [6.07, 6.45) is 22.9. The van der Waals surface area contributed by atoms with Crippen molar-refractivity contribution in [2.24, 2.45) is 23.7 Å². The maximum absolute atomic E-state index is 5.67. The van der Waals surface area contributed by atoms with Crippen molar-refractivity contribution >= 4 is 0 Å². The molecule has 0 aromatic heterocycles. The van der Waals surface area contributed by atoms with Crippen molar-refractivity contribution < 1.29 is 4.74 Å². The van der Waals surface area contributed by atoms with Gasteiger partial charge in [-0.1, -0.05) is 38.3 Å². The normalized spacial score (nSPS) is 32.0. The van der Waals surface area contributed by atoms with Crippen LogP contribution >= 0.6 is 0 Å². The highest BCUT2D eigenvalue weighted by Crippen LogP contribution is 2.42. The average molecular weight is 319 g/mol. The third-order valence-corrected chi connectivity index (χ3v) is 6.23. The van der Waals surface area contributed by atoms with Gasteiger partial charge in [-0.05, 0) is 81.5 Å². The van der Waals surface area contributed by atoms with Crippen molar-refractivity contribution in [3.8, 4) is 0 Å². The summed E-state index contributed by atoms with van der Waals surface area (Å²) in [4.78, 5) is 0. The van der Waals surface area contributed by atoms with Crippen molar-refractivity contribution in [3.05, 3.63) is 25.0 Å². The SMILES string of the molecule is C=CCCCC1CCC(C2CCC(CO/C=C\CC)CC2)CC1. The third kappa shape index (κ3) is 6.73. The van der Waals surface area contributed by atoms with E-state index in [2.05, 4.69) is 25.7 Å². The first-order chi connectivity index (χ1) is 11.3. The molecule has 0 atom stereocenters. The number of rotatable bonds is 9. The zero-order valence-electron chi connectivity index (χ0n) is 15.3. The van der Waals surface area contributed by atoms with E-state index >= 15 is 0 Å². The number of hydrogen-bond acceptors (Lipinski definition) is 1. The summed E-state index contributed by atoms with van der Waals surface area (Å²) in [5.41, 5.74) is 0. The lowest BCUT2D eigenvalue weighted by Gasteiger charge is -2.37. The first-order valence-corrected chi connectivity index (χ1v) is 10.2. The minimum absolute atomic E-state index is 0.808. The van der Waals surface area contributed by atoms with E-state index in [4.69, 9.17) is 4.74 Å². The van der Waals surface area contributed by atoms with Crippen LogP contribution in [0.15, 0.2) is 25.0 Å². The summed E-state index contributed by atoms with van der Waals surface area (Å²) in [5, 5.41) is 0. The first kappa shape index (κ1) is 18.6. The summed E-state index contributed by atoms with van der Waals surface area (Å²) in [6.45, 7) is 6.93. The maximum atomic E-state index is 5.67. The van der Waals surface area contributed by atoms with Crippen LogP contribution in [0.2, 0.25) is 0 Å². The molecule has 2 saturated carbocycles. The topological polar surface area (TPSA) is 9.23 Å². The lowest BCUT2D eigenvalue weighted by molar-refractivity contribution is 0.108. The van der Waals surface area contributed by atoms with Gasteiger partial charge in [-0.15, -0.1) is 6.58 Å². The molecule has 0 unspecified atom stereocenters. The van der Waals surface area contributed by atoms with Crippen LogP contribution in [0.4, 0.5) is 0 Å². The van der Waals surface area contributed by atoms with Gasteiger partial charge in [0, 0.05) is 0 Å². The third-order valence-electron chi connectivity index (χ3n) is 6.23. The van der Waals surface area contributed by atoms with Gasteiger partial charge in [-0.2, -0.15) is 0 Å². The van der Waals surface area contributed by atoms with Crippen LogP contribution in [0.25, 0.3) is 0 Å². The molecule has 132 valence electrons. The molecular formula is C22H38O.